The third-order valence-corrected chi connectivity index (χ3v) is 2.52. The van der Waals surface area contributed by atoms with Crippen LogP contribution in [0.4, 0.5) is 0 Å². The first kappa shape index (κ1) is 13.0. The highest BCUT2D eigenvalue weighted by Gasteiger charge is 2.53. The van der Waals surface area contributed by atoms with Crippen LogP contribution in [-0.4, -0.2) is 54.4 Å². The second-order valence-electron chi connectivity index (χ2n) is 3.71. The van der Waals surface area contributed by atoms with Gasteiger partial charge in [0.25, 0.3) is 0 Å². The lowest BCUT2D eigenvalue weighted by Crippen LogP contribution is -2.47. The maximum atomic E-state index is 10.8. The van der Waals surface area contributed by atoms with E-state index >= 15 is 0 Å². The Bertz CT molecular complexity index is 313. The molecule has 2 radical (unpaired) electrons. The van der Waals surface area contributed by atoms with Gasteiger partial charge in [0.2, 0.25) is 0 Å². The summed E-state index contributed by atoms with van der Waals surface area (Å²) in [7, 11) is 5.56. The standard InChI is InChI=1S/C10H13BO5/c1-3-4-10(5-12)8(14)7(9(11)16-10)15-6(2)13/h1,7-9,12,14H,4-5H2,2H3/t7-,8+,9-,10-/m1/s1. The number of esters is 1. The van der Waals surface area contributed by atoms with E-state index in [4.69, 9.17) is 23.7 Å². The summed E-state index contributed by atoms with van der Waals surface area (Å²) < 4.78 is 10.0. The monoisotopic (exact) mass is 224 g/mol. The van der Waals surface area contributed by atoms with Crippen molar-refractivity contribution in [3.05, 3.63) is 0 Å². The first-order valence-corrected chi connectivity index (χ1v) is 4.80. The lowest BCUT2D eigenvalue weighted by molar-refractivity contribution is -0.151. The fourth-order valence-corrected chi connectivity index (χ4v) is 1.72. The zero-order valence-electron chi connectivity index (χ0n) is 8.92. The van der Waals surface area contributed by atoms with Gasteiger partial charge in [-0.3, -0.25) is 4.79 Å². The van der Waals surface area contributed by atoms with E-state index < -0.39 is 36.4 Å². The summed E-state index contributed by atoms with van der Waals surface area (Å²) >= 11 is 0. The van der Waals surface area contributed by atoms with Gasteiger partial charge in [0.15, 0.2) is 0 Å². The zero-order valence-corrected chi connectivity index (χ0v) is 8.92. The molecule has 5 nitrogen and oxygen atoms in total. The SMILES string of the molecule is [B][C@@H]1O[C@@](CO)(CC#C)[C@@H](O)[C@H]1OC(C)=O. The molecule has 1 saturated heterocycles. The van der Waals surface area contributed by atoms with Crippen molar-refractivity contribution in [2.45, 2.75) is 37.2 Å². The van der Waals surface area contributed by atoms with Crippen LogP contribution in [0.3, 0.4) is 0 Å². The summed E-state index contributed by atoms with van der Waals surface area (Å²) in [4.78, 5) is 10.8. The molecule has 0 aromatic rings. The molecule has 0 amide bonds. The molecular weight excluding hydrogens is 211 g/mol. The molecular formula is C10H13BO5. The van der Waals surface area contributed by atoms with Gasteiger partial charge in [0.05, 0.1) is 12.6 Å². The minimum atomic E-state index is -1.35. The number of aliphatic hydroxyl groups is 2. The van der Waals surface area contributed by atoms with E-state index in [1.54, 1.807) is 0 Å². The van der Waals surface area contributed by atoms with Crippen LogP contribution in [0.25, 0.3) is 0 Å². The van der Waals surface area contributed by atoms with Crippen molar-refractivity contribution >= 4 is 13.8 Å². The first-order chi connectivity index (χ1) is 7.46. The second-order valence-corrected chi connectivity index (χ2v) is 3.71. The highest BCUT2D eigenvalue weighted by Crippen LogP contribution is 2.34. The van der Waals surface area contributed by atoms with Crippen molar-refractivity contribution in [1.82, 2.24) is 0 Å². The number of hydrogen-bond acceptors (Lipinski definition) is 5. The molecule has 2 N–H and O–H groups in total. The van der Waals surface area contributed by atoms with Crippen LogP contribution in [0.2, 0.25) is 0 Å². The highest BCUT2D eigenvalue weighted by atomic mass is 16.6. The summed E-state index contributed by atoms with van der Waals surface area (Å²) in [5.74, 6) is 1.70. The smallest absolute Gasteiger partial charge is 0.303 e. The quantitative estimate of drug-likeness (QED) is 0.348. The first-order valence-electron chi connectivity index (χ1n) is 4.80. The summed E-state index contributed by atoms with van der Waals surface area (Å²) in [6.45, 7) is 0.698. The number of rotatable bonds is 3. The van der Waals surface area contributed by atoms with Crippen molar-refractivity contribution in [1.29, 1.82) is 0 Å². The molecule has 0 saturated carbocycles. The number of ether oxygens (including phenoxy) is 2. The Morgan fingerprint density at radius 3 is 2.81 bits per heavy atom. The highest BCUT2D eigenvalue weighted by molar-refractivity contribution is 6.11. The van der Waals surface area contributed by atoms with Crippen LogP contribution in [0.1, 0.15) is 13.3 Å². The van der Waals surface area contributed by atoms with E-state index in [2.05, 4.69) is 5.92 Å². The average molecular weight is 224 g/mol. The molecule has 0 bridgehead atoms. The largest absolute Gasteiger partial charge is 0.458 e. The van der Waals surface area contributed by atoms with Crippen LogP contribution >= 0.6 is 0 Å². The molecule has 1 aliphatic heterocycles. The molecule has 0 aromatic heterocycles. The minimum Gasteiger partial charge on any atom is -0.458 e. The molecule has 0 unspecified atom stereocenters. The van der Waals surface area contributed by atoms with Crippen LogP contribution < -0.4 is 0 Å². The number of hydrogen-bond donors (Lipinski definition) is 2. The summed E-state index contributed by atoms with van der Waals surface area (Å²) in [5, 5.41) is 19.1. The number of carbonyl (C=O) groups excluding carboxylic acids is 1. The van der Waals surface area contributed by atoms with Crippen molar-refractivity contribution in [3.8, 4) is 12.3 Å². The molecule has 1 fully saturated rings. The maximum Gasteiger partial charge on any atom is 0.303 e. The van der Waals surface area contributed by atoms with Crippen molar-refractivity contribution in [3.63, 3.8) is 0 Å². The van der Waals surface area contributed by atoms with Crippen LogP contribution in [0, 0.1) is 12.3 Å². The third kappa shape index (κ3) is 2.22. The van der Waals surface area contributed by atoms with E-state index in [0.717, 1.165) is 0 Å². The lowest BCUT2D eigenvalue weighted by Gasteiger charge is -2.28. The lowest BCUT2D eigenvalue weighted by atomic mass is 9.88. The zero-order chi connectivity index (χ0) is 12.3. The second kappa shape index (κ2) is 4.87. The molecule has 4 atom stereocenters. The van der Waals surface area contributed by atoms with Gasteiger partial charge in [-0.15, -0.1) is 12.3 Å². The Labute approximate surface area is 95.1 Å². The van der Waals surface area contributed by atoms with Crippen molar-refractivity contribution in [2.75, 3.05) is 6.61 Å². The normalized spacial score (nSPS) is 38.0. The van der Waals surface area contributed by atoms with Crippen molar-refractivity contribution < 1.29 is 24.5 Å². The Hall–Kier alpha value is -1.03. The molecule has 1 aliphatic rings. The van der Waals surface area contributed by atoms with Gasteiger partial charge < -0.3 is 19.7 Å². The predicted molar refractivity (Wildman–Crippen MR) is 55.5 cm³/mol. The molecule has 0 spiro atoms. The third-order valence-electron chi connectivity index (χ3n) is 2.52. The van der Waals surface area contributed by atoms with Gasteiger partial charge >= 0.3 is 5.97 Å². The minimum absolute atomic E-state index is 0.0177. The molecule has 1 heterocycles. The summed E-state index contributed by atoms with van der Waals surface area (Å²) in [6.07, 6.45) is 2.85. The number of terminal acetylenes is 1. The molecule has 0 aliphatic carbocycles. The van der Waals surface area contributed by atoms with Gasteiger partial charge in [-0.05, 0) is 0 Å². The van der Waals surface area contributed by atoms with E-state index in [1.165, 1.54) is 6.92 Å². The Kier molecular flexibility index (Phi) is 3.97. The number of aliphatic hydroxyl groups excluding tert-OH is 2. The molecule has 86 valence electrons. The van der Waals surface area contributed by atoms with Crippen LogP contribution in [0.15, 0.2) is 0 Å². The van der Waals surface area contributed by atoms with Gasteiger partial charge in [-0.25, -0.2) is 0 Å². The van der Waals surface area contributed by atoms with Crippen LogP contribution in [0.5, 0.6) is 0 Å². The Morgan fingerprint density at radius 2 is 2.38 bits per heavy atom. The van der Waals surface area contributed by atoms with E-state index in [-0.39, 0.29) is 6.42 Å². The van der Waals surface area contributed by atoms with E-state index in [1.807, 2.05) is 0 Å². The van der Waals surface area contributed by atoms with E-state index in [9.17, 15) is 15.0 Å². The predicted octanol–water partition coefficient (Wildman–Crippen LogP) is -1.44. The molecule has 6 heteroatoms. The topological polar surface area (TPSA) is 76.0 Å². The van der Waals surface area contributed by atoms with Gasteiger partial charge in [0, 0.05) is 13.3 Å². The van der Waals surface area contributed by atoms with E-state index in [0.29, 0.717) is 0 Å². The van der Waals surface area contributed by atoms with Gasteiger partial charge in [0.1, 0.15) is 25.7 Å². The molecule has 16 heavy (non-hydrogen) atoms. The Morgan fingerprint density at radius 1 is 1.75 bits per heavy atom. The van der Waals surface area contributed by atoms with Crippen molar-refractivity contribution in [2.24, 2.45) is 0 Å². The fraction of sp³-hybridized carbons (Fsp3) is 0.700. The maximum absolute atomic E-state index is 10.8. The molecule has 0 aromatic carbocycles. The van der Waals surface area contributed by atoms with Gasteiger partial charge in [-0.1, -0.05) is 0 Å². The Balaban J connectivity index is 2.87. The van der Waals surface area contributed by atoms with Crippen LogP contribution in [-0.2, 0) is 14.3 Å². The summed E-state index contributed by atoms with van der Waals surface area (Å²) in [6, 6.07) is -1.00. The molecule has 1 rings (SSSR count). The average Bonchev–Trinajstić information content (AvgIpc) is 2.44. The number of carbonyl (C=O) groups is 1. The summed E-state index contributed by atoms with van der Waals surface area (Å²) in [5.41, 5.74) is -1.35. The van der Waals surface area contributed by atoms with Gasteiger partial charge in [-0.2, -0.15) is 0 Å². The fourth-order valence-electron chi connectivity index (χ4n) is 1.72.